The second-order valence-corrected chi connectivity index (χ2v) is 5.55. The van der Waals surface area contributed by atoms with E-state index >= 15 is 0 Å². The minimum Gasteiger partial charge on any atom is -0.438 e. The molecule has 0 bridgehead atoms. The molecule has 0 aliphatic heterocycles. The number of rotatable bonds is 3. The van der Waals surface area contributed by atoms with Crippen LogP contribution >= 0.6 is 31.9 Å². The maximum absolute atomic E-state index is 5.82. The van der Waals surface area contributed by atoms with E-state index < -0.39 is 0 Å². The molecule has 0 aliphatic carbocycles. The van der Waals surface area contributed by atoms with Gasteiger partial charge >= 0.3 is 0 Å². The average molecular weight is 371 g/mol. The lowest BCUT2D eigenvalue weighted by atomic mass is 10.2. The molecule has 0 saturated carbocycles. The summed E-state index contributed by atoms with van der Waals surface area (Å²) in [4.78, 5) is 4.33. The Hall–Kier alpha value is -0.870. The van der Waals surface area contributed by atoms with Gasteiger partial charge in [0.1, 0.15) is 5.75 Å². The molecule has 94 valence electrons. The second kappa shape index (κ2) is 5.85. The van der Waals surface area contributed by atoms with E-state index in [0.29, 0.717) is 5.88 Å². The van der Waals surface area contributed by atoms with E-state index in [1.807, 2.05) is 38.2 Å². The highest BCUT2D eigenvalue weighted by atomic mass is 79.9. The van der Waals surface area contributed by atoms with E-state index in [0.717, 1.165) is 26.7 Å². The van der Waals surface area contributed by atoms with Gasteiger partial charge in [0, 0.05) is 17.1 Å². The van der Waals surface area contributed by atoms with Gasteiger partial charge in [0.05, 0.1) is 4.47 Å². The van der Waals surface area contributed by atoms with Crippen LogP contribution < -0.4 is 4.74 Å². The third-order valence-electron chi connectivity index (χ3n) is 2.54. The first-order chi connectivity index (χ1) is 8.60. The minimum atomic E-state index is 0.643. The van der Waals surface area contributed by atoms with Gasteiger partial charge in [0.2, 0.25) is 5.88 Å². The van der Waals surface area contributed by atoms with Crippen LogP contribution in [0.5, 0.6) is 11.6 Å². The van der Waals surface area contributed by atoms with Gasteiger partial charge in [-0.15, -0.1) is 0 Å². The Labute approximate surface area is 124 Å². The number of aryl methyl sites for hydroxylation is 2. The van der Waals surface area contributed by atoms with Gasteiger partial charge in [-0.2, -0.15) is 0 Å². The Kier molecular flexibility index (Phi) is 4.40. The molecule has 0 N–H and O–H groups in total. The maximum atomic E-state index is 5.82. The van der Waals surface area contributed by atoms with Gasteiger partial charge in [-0.25, -0.2) is 4.98 Å². The van der Waals surface area contributed by atoms with Crippen molar-refractivity contribution in [3.8, 4) is 11.6 Å². The molecule has 2 rings (SSSR count). The lowest BCUT2D eigenvalue weighted by Crippen LogP contribution is -1.93. The highest BCUT2D eigenvalue weighted by Gasteiger charge is 2.07. The van der Waals surface area contributed by atoms with Crippen molar-refractivity contribution in [3.05, 3.63) is 51.6 Å². The zero-order valence-electron chi connectivity index (χ0n) is 10.2. The summed E-state index contributed by atoms with van der Waals surface area (Å²) in [6.45, 7) is 4.04. The molecule has 2 aromatic rings. The predicted molar refractivity (Wildman–Crippen MR) is 80.6 cm³/mol. The average Bonchev–Trinajstić information content (AvgIpc) is 2.34. The standard InChI is InChI=1S/C14H13Br2NO/c1-9-3-4-13(12(16)5-9)18-14-10(2)6-11(7-15)8-17-14/h3-6,8H,7H2,1-2H3. The van der Waals surface area contributed by atoms with Crippen LogP contribution in [0.25, 0.3) is 0 Å². The molecule has 0 spiro atoms. The summed E-state index contributed by atoms with van der Waals surface area (Å²) in [6.07, 6.45) is 1.82. The number of ether oxygens (including phenoxy) is 1. The highest BCUT2D eigenvalue weighted by molar-refractivity contribution is 9.10. The van der Waals surface area contributed by atoms with Crippen molar-refractivity contribution < 1.29 is 4.74 Å². The van der Waals surface area contributed by atoms with Crippen LogP contribution in [0.1, 0.15) is 16.7 Å². The maximum Gasteiger partial charge on any atom is 0.222 e. The molecule has 0 saturated heterocycles. The van der Waals surface area contributed by atoms with Gasteiger partial charge < -0.3 is 4.74 Å². The van der Waals surface area contributed by atoms with Crippen molar-refractivity contribution >= 4 is 31.9 Å². The number of benzene rings is 1. The van der Waals surface area contributed by atoms with Gasteiger partial charge in [-0.05, 0) is 59.1 Å². The summed E-state index contributed by atoms with van der Waals surface area (Å²) in [5, 5.41) is 0.801. The molecule has 0 fully saturated rings. The van der Waals surface area contributed by atoms with Crippen molar-refractivity contribution in [2.45, 2.75) is 19.2 Å². The molecule has 2 nitrogen and oxygen atoms in total. The van der Waals surface area contributed by atoms with Crippen molar-refractivity contribution in [3.63, 3.8) is 0 Å². The van der Waals surface area contributed by atoms with E-state index in [1.54, 1.807) is 0 Å². The number of nitrogens with zero attached hydrogens (tertiary/aromatic N) is 1. The third kappa shape index (κ3) is 3.12. The van der Waals surface area contributed by atoms with E-state index in [9.17, 15) is 0 Å². The quantitative estimate of drug-likeness (QED) is 0.697. The molecule has 1 aromatic heterocycles. The molecule has 0 atom stereocenters. The van der Waals surface area contributed by atoms with Crippen LogP contribution in [0.4, 0.5) is 0 Å². The molecule has 1 aromatic carbocycles. The van der Waals surface area contributed by atoms with Crippen molar-refractivity contribution in [2.24, 2.45) is 0 Å². The molecule has 18 heavy (non-hydrogen) atoms. The summed E-state index contributed by atoms with van der Waals surface area (Å²) < 4.78 is 6.76. The van der Waals surface area contributed by atoms with Crippen molar-refractivity contribution in [2.75, 3.05) is 0 Å². The van der Waals surface area contributed by atoms with Gasteiger partial charge in [0.15, 0.2) is 0 Å². The van der Waals surface area contributed by atoms with Crippen molar-refractivity contribution in [1.29, 1.82) is 0 Å². The van der Waals surface area contributed by atoms with Gasteiger partial charge in [0.25, 0.3) is 0 Å². The van der Waals surface area contributed by atoms with Gasteiger partial charge in [-0.3, -0.25) is 0 Å². The molecule has 0 aliphatic rings. The molecule has 4 heteroatoms. The SMILES string of the molecule is Cc1ccc(Oc2ncc(CBr)cc2C)c(Br)c1. The van der Waals surface area contributed by atoms with Crippen LogP contribution in [-0.4, -0.2) is 4.98 Å². The number of hydrogen-bond donors (Lipinski definition) is 0. The first kappa shape index (κ1) is 13.6. The summed E-state index contributed by atoms with van der Waals surface area (Å²) >= 11 is 6.91. The number of aromatic nitrogens is 1. The zero-order chi connectivity index (χ0) is 13.1. The molecule has 0 radical (unpaired) electrons. The summed E-state index contributed by atoms with van der Waals surface area (Å²) in [5.74, 6) is 1.42. The fourth-order valence-electron chi connectivity index (χ4n) is 1.59. The molecular formula is C14H13Br2NO. The Morgan fingerprint density at radius 3 is 2.61 bits per heavy atom. The number of pyridine rings is 1. The van der Waals surface area contributed by atoms with E-state index in [4.69, 9.17) is 4.74 Å². The molecule has 0 unspecified atom stereocenters. The van der Waals surface area contributed by atoms with Crippen LogP contribution in [-0.2, 0) is 5.33 Å². The summed E-state index contributed by atoms with van der Waals surface area (Å²) in [7, 11) is 0. The Balaban J connectivity index is 2.28. The molecule has 1 heterocycles. The number of alkyl halides is 1. The van der Waals surface area contributed by atoms with Crippen molar-refractivity contribution in [1.82, 2.24) is 4.98 Å². The molecular weight excluding hydrogens is 358 g/mol. The van der Waals surface area contributed by atoms with Crippen LogP contribution in [0.3, 0.4) is 0 Å². The predicted octanol–water partition coefficient (Wildman–Crippen LogP) is 5.15. The molecule has 0 amide bonds. The smallest absolute Gasteiger partial charge is 0.222 e. The van der Waals surface area contributed by atoms with Gasteiger partial charge in [-0.1, -0.05) is 22.0 Å². The van der Waals surface area contributed by atoms with Crippen LogP contribution in [0.15, 0.2) is 34.9 Å². The fraction of sp³-hybridized carbons (Fsp3) is 0.214. The zero-order valence-corrected chi connectivity index (χ0v) is 13.4. The first-order valence-corrected chi connectivity index (χ1v) is 7.47. The Morgan fingerprint density at radius 1 is 1.22 bits per heavy atom. The lowest BCUT2D eigenvalue weighted by Gasteiger charge is -2.10. The number of hydrogen-bond acceptors (Lipinski definition) is 2. The highest BCUT2D eigenvalue weighted by Crippen LogP contribution is 2.31. The summed E-state index contributed by atoms with van der Waals surface area (Å²) in [5.41, 5.74) is 3.36. The second-order valence-electron chi connectivity index (χ2n) is 4.14. The van der Waals surface area contributed by atoms with E-state index in [-0.39, 0.29) is 0 Å². The van der Waals surface area contributed by atoms with Crippen LogP contribution in [0.2, 0.25) is 0 Å². The Morgan fingerprint density at radius 2 is 2.00 bits per heavy atom. The van der Waals surface area contributed by atoms with E-state index in [2.05, 4.69) is 42.9 Å². The van der Waals surface area contributed by atoms with Crippen LogP contribution in [0, 0.1) is 13.8 Å². The normalized spacial score (nSPS) is 10.4. The first-order valence-electron chi connectivity index (χ1n) is 5.55. The third-order valence-corrected chi connectivity index (χ3v) is 3.80. The fourth-order valence-corrected chi connectivity index (χ4v) is 2.47. The largest absolute Gasteiger partial charge is 0.438 e. The lowest BCUT2D eigenvalue weighted by molar-refractivity contribution is 0.455. The van der Waals surface area contributed by atoms with E-state index in [1.165, 1.54) is 5.56 Å². The summed E-state index contributed by atoms with van der Waals surface area (Å²) in [6, 6.07) is 8.05. The number of halogens is 2. The topological polar surface area (TPSA) is 22.1 Å². The monoisotopic (exact) mass is 369 g/mol. The minimum absolute atomic E-state index is 0.643. The Bertz CT molecular complexity index is 570.